The maximum Gasteiger partial charge on any atom is 0.303 e. The topological polar surface area (TPSA) is 212 Å². The van der Waals surface area contributed by atoms with E-state index in [1.165, 1.54) is 0 Å². The molecule has 0 bridgehead atoms. The van der Waals surface area contributed by atoms with E-state index in [-0.39, 0.29) is 0 Å². The van der Waals surface area contributed by atoms with E-state index >= 15 is 0 Å². The summed E-state index contributed by atoms with van der Waals surface area (Å²) in [6.45, 7) is 5.18. The molecule has 0 saturated carbocycles. The maximum atomic E-state index is 14.2. The summed E-state index contributed by atoms with van der Waals surface area (Å²) in [7, 11) is 0. The molecular formula is C26H35FO17. The van der Waals surface area contributed by atoms with Crippen LogP contribution in [-0.4, -0.2) is 116 Å². The molecule has 17 nitrogen and oxygen atoms in total. The van der Waals surface area contributed by atoms with Crippen molar-refractivity contribution in [2.24, 2.45) is 0 Å². The van der Waals surface area contributed by atoms with Crippen LogP contribution in [0.4, 0.5) is 4.39 Å². The van der Waals surface area contributed by atoms with Crippen LogP contribution in [0.2, 0.25) is 0 Å². The monoisotopic (exact) mass is 638 g/mol. The molecule has 0 radical (unpaired) electrons. The van der Waals surface area contributed by atoms with Crippen molar-refractivity contribution in [1.29, 1.82) is 0 Å². The van der Waals surface area contributed by atoms with Gasteiger partial charge < -0.3 is 47.4 Å². The van der Waals surface area contributed by atoms with Crippen LogP contribution >= 0.6 is 0 Å². The standard InChI is InChI=1S/C26H35FO17/c1-10(28)35-9-18-20(37-12(3)30)22(39-14(5)32)24(41-16(7)34)26(43-18)44-25-23(40-15(6)33)21(38-13(4)31)19(36-11(2)29)17(8-27)42-25/h17-26H,8-9H2,1-7H3/t17?,18?,19-,20-,21?,22?,23?,24?,25-,26-/m1/s1. The van der Waals surface area contributed by atoms with Crippen molar-refractivity contribution < 1.29 is 85.3 Å². The third-order valence-corrected chi connectivity index (χ3v) is 5.87. The normalized spacial score (nSPS) is 31.5. The van der Waals surface area contributed by atoms with E-state index in [9.17, 15) is 38.0 Å². The molecule has 6 unspecified atom stereocenters. The fourth-order valence-electron chi connectivity index (χ4n) is 4.52. The molecule has 0 aromatic carbocycles. The summed E-state index contributed by atoms with van der Waals surface area (Å²) in [5.74, 6) is -6.30. The van der Waals surface area contributed by atoms with Crippen LogP contribution < -0.4 is 0 Å². The first kappa shape index (κ1) is 36.3. The number of alkyl halides is 1. The second-order valence-electron chi connectivity index (χ2n) is 9.62. The van der Waals surface area contributed by atoms with Gasteiger partial charge in [0.2, 0.25) is 12.6 Å². The molecule has 44 heavy (non-hydrogen) atoms. The lowest BCUT2D eigenvalue weighted by Crippen LogP contribution is -2.66. The number of esters is 7. The minimum absolute atomic E-state index is 0.589. The molecule has 2 aliphatic heterocycles. The molecule has 0 N–H and O–H groups in total. The minimum Gasteiger partial charge on any atom is -0.463 e. The number of hydrogen-bond acceptors (Lipinski definition) is 17. The molecule has 0 spiro atoms. The van der Waals surface area contributed by atoms with Gasteiger partial charge in [-0.05, 0) is 0 Å². The number of rotatable bonds is 11. The van der Waals surface area contributed by atoms with Crippen LogP contribution in [0.5, 0.6) is 0 Å². The summed E-state index contributed by atoms with van der Waals surface area (Å²) >= 11 is 0. The van der Waals surface area contributed by atoms with Crippen LogP contribution in [0, 0.1) is 0 Å². The number of halogens is 1. The van der Waals surface area contributed by atoms with Gasteiger partial charge in [-0.1, -0.05) is 0 Å². The van der Waals surface area contributed by atoms with Crippen molar-refractivity contribution in [2.75, 3.05) is 13.3 Å². The van der Waals surface area contributed by atoms with E-state index in [4.69, 9.17) is 47.4 Å². The molecule has 18 heteroatoms. The number of ether oxygens (including phenoxy) is 10. The van der Waals surface area contributed by atoms with Gasteiger partial charge in [0.25, 0.3) is 0 Å². The summed E-state index contributed by atoms with van der Waals surface area (Å²) in [6, 6.07) is 0. The lowest BCUT2D eigenvalue weighted by molar-refractivity contribution is -0.376. The van der Waals surface area contributed by atoms with E-state index in [0.29, 0.717) is 0 Å². The van der Waals surface area contributed by atoms with Crippen molar-refractivity contribution >= 4 is 41.8 Å². The predicted octanol–water partition coefficient (Wildman–Crippen LogP) is -0.424. The third-order valence-electron chi connectivity index (χ3n) is 5.87. The van der Waals surface area contributed by atoms with E-state index in [0.717, 1.165) is 48.5 Å². The molecule has 2 aliphatic rings. The van der Waals surface area contributed by atoms with Crippen molar-refractivity contribution in [3.8, 4) is 0 Å². The Labute approximate surface area is 250 Å². The molecule has 10 atom stereocenters. The first-order valence-electron chi connectivity index (χ1n) is 13.2. The average Bonchev–Trinajstić information content (AvgIpc) is 2.87. The Hall–Kier alpha value is -3.90. The van der Waals surface area contributed by atoms with Crippen molar-refractivity contribution in [1.82, 2.24) is 0 Å². The zero-order valence-corrected chi connectivity index (χ0v) is 25.0. The second kappa shape index (κ2) is 16.2. The van der Waals surface area contributed by atoms with Crippen LogP contribution in [0.1, 0.15) is 48.5 Å². The van der Waals surface area contributed by atoms with Gasteiger partial charge in [0, 0.05) is 48.5 Å². The first-order valence-corrected chi connectivity index (χ1v) is 13.2. The van der Waals surface area contributed by atoms with E-state index in [1.54, 1.807) is 0 Å². The van der Waals surface area contributed by atoms with Gasteiger partial charge >= 0.3 is 41.8 Å². The van der Waals surface area contributed by atoms with Crippen LogP contribution in [0.3, 0.4) is 0 Å². The quantitative estimate of drug-likeness (QED) is 0.207. The zero-order valence-electron chi connectivity index (χ0n) is 25.0. The van der Waals surface area contributed by atoms with Gasteiger partial charge in [0.15, 0.2) is 36.6 Å². The Morgan fingerprint density at radius 2 is 0.795 bits per heavy atom. The highest BCUT2D eigenvalue weighted by Crippen LogP contribution is 2.35. The highest BCUT2D eigenvalue weighted by molar-refractivity contribution is 5.69. The largest absolute Gasteiger partial charge is 0.463 e. The van der Waals surface area contributed by atoms with E-state index < -0.39 is 116 Å². The average molecular weight is 639 g/mol. The van der Waals surface area contributed by atoms with Crippen LogP contribution in [-0.2, 0) is 80.9 Å². The molecule has 248 valence electrons. The molecule has 2 rings (SSSR count). The third kappa shape index (κ3) is 10.4. The van der Waals surface area contributed by atoms with Crippen molar-refractivity contribution in [2.45, 2.75) is 110 Å². The minimum atomic E-state index is -1.88. The number of carbonyl (C=O) groups excluding carboxylic acids is 7. The van der Waals surface area contributed by atoms with Gasteiger partial charge in [-0.15, -0.1) is 0 Å². The fraction of sp³-hybridized carbons (Fsp3) is 0.731. The van der Waals surface area contributed by atoms with Crippen molar-refractivity contribution in [3.05, 3.63) is 0 Å². The Kier molecular flexibility index (Phi) is 13.4. The predicted molar refractivity (Wildman–Crippen MR) is 134 cm³/mol. The fourth-order valence-corrected chi connectivity index (χ4v) is 4.52. The molecular weight excluding hydrogens is 603 g/mol. The maximum absolute atomic E-state index is 14.2. The SMILES string of the molecule is CC(=O)OCC1O[C@H](O[C@H]2OC(CF)[C@@H](OC(C)=O)C(OC(C)=O)C2OC(C)=O)C(OC(C)=O)C(OC(C)=O)[C@@H]1OC(C)=O. The summed E-state index contributed by atoms with van der Waals surface area (Å²) in [6.07, 6.45) is -16.7. The van der Waals surface area contributed by atoms with Crippen LogP contribution in [0.15, 0.2) is 0 Å². The first-order chi connectivity index (χ1) is 20.5. The molecule has 2 heterocycles. The van der Waals surface area contributed by atoms with Crippen molar-refractivity contribution in [3.63, 3.8) is 0 Å². The molecule has 2 fully saturated rings. The second-order valence-corrected chi connectivity index (χ2v) is 9.62. The summed E-state index contributed by atoms with van der Waals surface area (Å²) < 4.78 is 68.2. The Morgan fingerprint density at radius 1 is 0.477 bits per heavy atom. The molecule has 0 aliphatic carbocycles. The van der Waals surface area contributed by atoms with Gasteiger partial charge in [0.05, 0.1) is 0 Å². The Bertz CT molecular complexity index is 1090. The summed E-state index contributed by atoms with van der Waals surface area (Å²) in [5, 5.41) is 0. The lowest BCUT2D eigenvalue weighted by atomic mass is 9.97. The lowest BCUT2D eigenvalue weighted by Gasteiger charge is -2.47. The van der Waals surface area contributed by atoms with Crippen LogP contribution in [0.25, 0.3) is 0 Å². The summed E-state index contributed by atoms with van der Waals surface area (Å²) in [5.41, 5.74) is 0. The molecule has 0 aromatic rings. The zero-order chi connectivity index (χ0) is 33.3. The smallest absolute Gasteiger partial charge is 0.303 e. The van der Waals surface area contributed by atoms with Gasteiger partial charge in [-0.2, -0.15) is 0 Å². The molecule has 0 aromatic heterocycles. The van der Waals surface area contributed by atoms with Gasteiger partial charge in [-0.25, -0.2) is 4.39 Å². The number of carbonyl (C=O) groups is 7. The highest BCUT2D eigenvalue weighted by atomic mass is 19.1. The Morgan fingerprint density at radius 3 is 1.14 bits per heavy atom. The molecule has 0 amide bonds. The Balaban J connectivity index is 2.63. The van der Waals surface area contributed by atoms with E-state index in [2.05, 4.69) is 0 Å². The number of hydrogen-bond donors (Lipinski definition) is 0. The molecule has 2 saturated heterocycles. The van der Waals surface area contributed by atoms with Gasteiger partial charge in [-0.3, -0.25) is 33.6 Å². The highest BCUT2D eigenvalue weighted by Gasteiger charge is 2.57. The summed E-state index contributed by atoms with van der Waals surface area (Å²) in [4.78, 5) is 83.6. The van der Waals surface area contributed by atoms with E-state index in [1.807, 2.05) is 0 Å². The van der Waals surface area contributed by atoms with Gasteiger partial charge in [0.1, 0.15) is 25.5 Å².